The number of hydrogen-bond donors (Lipinski definition) is 4. The average molecular weight is 622 g/mol. The summed E-state index contributed by atoms with van der Waals surface area (Å²) in [5.41, 5.74) is -2.10. The lowest BCUT2D eigenvalue weighted by molar-refractivity contribution is -0.192. The van der Waals surface area contributed by atoms with Crippen molar-refractivity contribution < 1.29 is 45.4 Å². The maximum absolute atomic E-state index is 16.0. The monoisotopic (exact) mass is 621 g/mol. The summed E-state index contributed by atoms with van der Waals surface area (Å²) in [4.78, 5) is 39.7. The van der Waals surface area contributed by atoms with Crippen LogP contribution in [-0.2, 0) is 4.79 Å². The molecule has 43 heavy (non-hydrogen) atoms. The number of halogens is 7. The Bertz CT molecular complexity index is 1430. The molecule has 4 rings (SSSR count). The number of benzene rings is 1. The summed E-state index contributed by atoms with van der Waals surface area (Å²) in [6, 6.07) is 1.93. The summed E-state index contributed by atoms with van der Waals surface area (Å²) >= 11 is 0. The number of aromatic nitrogens is 1. The van der Waals surface area contributed by atoms with E-state index in [0.29, 0.717) is 37.7 Å². The summed E-state index contributed by atoms with van der Waals surface area (Å²) < 4.78 is 90.3. The molecule has 1 aromatic heterocycles. The zero-order valence-corrected chi connectivity index (χ0v) is 23.3. The lowest BCUT2D eigenvalue weighted by atomic mass is 9.98. The van der Waals surface area contributed by atoms with E-state index < -0.39 is 52.8 Å². The van der Waals surface area contributed by atoms with Crippen molar-refractivity contribution in [1.82, 2.24) is 15.2 Å². The van der Waals surface area contributed by atoms with Crippen LogP contribution in [0.3, 0.4) is 0 Å². The maximum atomic E-state index is 16.0. The molecule has 0 aliphatic carbocycles. The second-order valence-corrected chi connectivity index (χ2v) is 10.1. The van der Waals surface area contributed by atoms with Crippen molar-refractivity contribution >= 4 is 28.8 Å². The molecule has 2 atom stereocenters. The van der Waals surface area contributed by atoms with E-state index in [4.69, 9.17) is 9.90 Å². The van der Waals surface area contributed by atoms with Crippen molar-refractivity contribution in [1.29, 1.82) is 0 Å². The molecule has 4 N–H and O–H groups in total. The molecule has 9 nitrogen and oxygen atoms in total. The fourth-order valence-corrected chi connectivity index (χ4v) is 4.75. The van der Waals surface area contributed by atoms with E-state index in [1.165, 1.54) is 6.07 Å². The Labute approximate surface area is 241 Å². The normalized spacial score (nSPS) is 19.4. The van der Waals surface area contributed by atoms with Crippen molar-refractivity contribution in [2.45, 2.75) is 45.0 Å². The number of nitrogens with zero attached hydrogens (tertiary/aromatic N) is 2. The molecule has 3 heterocycles. The molecule has 0 saturated carbocycles. The van der Waals surface area contributed by atoms with Gasteiger partial charge in [0.1, 0.15) is 11.5 Å². The first-order chi connectivity index (χ1) is 20.0. The maximum Gasteiger partial charge on any atom is 0.490 e. The van der Waals surface area contributed by atoms with E-state index in [2.05, 4.69) is 20.5 Å². The second kappa shape index (κ2) is 13.6. The number of piperazine rings is 1. The van der Waals surface area contributed by atoms with E-state index in [9.17, 15) is 31.5 Å². The van der Waals surface area contributed by atoms with Crippen LogP contribution in [0.2, 0.25) is 0 Å². The summed E-state index contributed by atoms with van der Waals surface area (Å²) in [5.74, 6) is -5.54. The molecule has 1 saturated heterocycles. The minimum Gasteiger partial charge on any atom is -0.475 e. The first-order valence-electron chi connectivity index (χ1n) is 13.0. The van der Waals surface area contributed by atoms with Gasteiger partial charge in [-0.25, -0.2) is 22.4 Å². The van der Waals surface area contributed by atoms with Gasteiger partial charge in [0.2, 0.25) is 5.56 Å². The van der Waals surface area contributed by atoms with Crippen LogP contribution in [0.5, 0.6) is 0 Å². The van der Waals surface area contributed by atoms with Crippen molar-refractivity contribution in [2.75, 3.05) is 43.4 Å². The molecule has 2 aromatic rings. The number of H-pyrrole nitrogens is 1. The number of aliphatic carboxylic acids is 1. The van der Waals surface area contributed by atoms with E-state index in [-0.39, 0.29) is 35.6 Å². The molecule has 236 valence electrons. The van der Waals surface area contributed by atoms with Crippen LogP contribution in [0.25, 0.3) is 5.57 Å². The summed E-state index contributed by atoms with van der Waals surface area (Å²) in [7, 11) is 1.96. The molecular formula is C27H30F7N5O4. The van der Waals surface area contributed by atoms with Gasteiger partial charge in [0.25, 0.3) is 12.3 Å². The molecule has 0 radical (unpaired) electrons. The van der Waals surface area contributed by atoms with Crippen LogP contribution in [0.1, 0.15) is 48.2 Å². The van der Waals surface area contributed by atoms with Crippen molar-refractivity contribution in [3.63, 3.8) is 0 Å². The van der Waals surface area contributed by atoms with Crippen LogP contribution in [0, 0.1) is 11.6 Å². The Morgan fingerprint density at radius 1 is 1.12 bits per heavy atom. The molecule has 2 aliphatic rings. The van der Waals surface area contributed by atoms with Gasteiger partial charge in [0.15, 0.2) is 5.82 Å². The SMILES string of the molecule is C[C@@H]1CN(c2cc(F)c(C3=CCCNC3)c(F)c2NC(=O)c2c[nH]c(=O)cc2C(F)F)C[C@H](C)N1C.O=C(O)C(F)(F)F. The molecule has 0 unspecified atom stereocenters. The van der Waals surface area contributed by atoms with Gasteiger partial charge in [-0.1, -0.05) is 6.08 Å². The molecular weight excluding hydrogens is 591 g/mol. The van der Waals surface area contributed by atoms with Crippen molar-refractivity contribution in [2.24, 2.45) is 0 Å². The number of carboxylic acids is 1. The number of amides is 1. The highest BCUT2D eigenvalue weighted by Gasteiger charge is 2.38. The standard InChI is InChI=1S/C25H29F4N5O2.C2HF3O2/c1-13-11-34(12-14(2)33(13)3)19-8-18(26)21(15-5-4-6-30-9-15)22(27)23(19)32-25(36)17-10-31-20(35)7-16(17)24(28)29;3-2(4,5)1(6)7/h5,7-8,10,13-14,24,30H,4,6,9,11-12H2,1-3H3,(H,31,35)(H,32,36);(H,6,7)/t13-,14+;. The van der Waals surface area contributed by atoms with Gasteiger partial charge in [-0.05, 0) is 39.4 Å². The number of anilines is 2. The van der Waals surface area contributed by atoms with Crippen molar-refractivity contribution in [3.8, 4) is 0 Å². The topological polar surface area (TPSA) is 118 Å². The third kappa shape index (κ3) is 7.93. The summed E-state index contributed by atoms with van der Waals surface area (Å²) in [6.07, 6.45) is -4.99. The predicted octanol–water partition coefficient (Wildman–Crippen LogP) is 4.38. The number of alkyl halides is 5. The number of carboxylic acid groups (broad SMARTS) is 1. The predicted molar refractivity (Wildman–Crippen MR) is 144 cm³/mol. The van der Waals surface area contributed by atoms with Gasteiger partial charge in [-0.15, -0.1) is 0 Å². The van der Waals surface area contributed by atoms with Crippen LogP contribution in [-0.4, -0.2) is 78.4 Å². The van der Waals surface area contributed by atoms with Gasteiger partial charge in [-0.3, -0.25) is 14.5 Å². The zero-order valence-electron chi connectivity index (χ0n) is 23.3. The smallest absolute Gasteiger partial charge is 0.475 e. The van der Waals surface area contributed by atoms with Crippen LogP contribution in [0.15, 0.2) is 29.2 Å². The lowest BCUT2D eigenvalue weighted by Gasteiger charge is -2.44. The first kappa shape index (κ1) is 33.6. The molecule has 0 bridgehead atoms. The zero-order chi connectivity index (χ0) is 32.2. The van der Waals surface area contributed by atoms with E-state index in [0.717, 1.165) is 6.20 Å². The highest BCUT2D eigenvalue weighted by atomic mass is 19.4. The number of rotatable bonds is 5. The Hall–Kier alpha value is -3.92. The molecule has 1 aromatic carbocycles. The largest absolute Gasteiger partial charge is 0.490 e. The Kier molecular flexibility index (Phi) is 10.6. The van der Waals surface area contributed by atoms with Gasteiger partial charge >= 0.3 is 12.1 Å². The number of likely N-dealkylation sites (N-methyl/N-ethyl adjacent to an activating group) is 1. The fraction of sp³-hybridized carbons (Fsp3) is 0.444. The third-order valence-electron chi connectivity index (χ3n) is 7.16. The Balaban J connectivity index is 0.000000646. The van der Waals surface area contributed by atoms with Gasteiger partial charge in [0, 0.05) is 55.6 Å². The molecule has 1 amide bonds. The summed E-state index contributed by atoms with van der Waals surface area (Å²) in [5, 5.41) is 12.6. The molecule has 1 fully saturated rings. The van der Waals surface area contributed by atoms with Crippen LogP contribution < -0.4 is 21.1 Å². The third-order valence-corrected chi connectivity index (χ3v) is 7.16. The van der Waals surface area contributed by atoms with Gasteiger partial charge < -0.3 is 25.6 Å². The van der Waals surface area contributed by atoms with E-state index >= 15 is 8.78 Å². The fourth-order valence-electron chi connectivity index (χ4n) is 4.75. The summed E-state index contributed by atoms with van der Waals surface area (Å²) in [6.45, 7) is 5.76. The number of aromatic amines is 1. The number of carbonyl (C=O) groups excluding carboxylic acids is 1. The van der Waals surface area contributed by atoms with E-state index in [1.54, 1.807) is 11.0 Å². The van der Waals surface area contributed by atoms with Crippen molar-refractivity contribution in [3.05, 3.63) is 63.1 Å². The van der Waals surface area contributed by atoms with Gasteiger partial charge in [0.05, 0.1) is 16.8 Å². The molecule has 16 heteroatoms. The van der Waals surface area contributed by atoms with E-state index in [1.807, 2.05) is 20.9 Å². The minimum absolute atomic E-state index is 0.0537. The number of pyridine rings is 1. The Morgan fingerprint density at radius 2 is 1.72 bits per heavy atom. The number of nitrogens with one attached hydrogen (secondary N) is 3. The molecule has 2 aliphatic heterocycles. The second-order valence-electron chi connectivity index (χ2n) is 10.1. The Morgan fingerprint density at radius 3 is 2.23 bits per heavy atom. The highest BCUT2D eigenvalue weighted by molar-refractivity contribution is 6.07. The van der Waals surface area contributed by atoms with Crippen LogP contribution >= 0.6 is 0 Å². The minimum atomic E-state index is -5.08. The first-order valence-corrected chi connectivity index (χ1v) is 13.0. The highest BCUT2D eigenvalue weighted by Crippen LogP contribution is 2.38. The van der Waals surface area contributed by atoms with Crippen LogP contribution in [0.4, 0.5) is 42.1 Å². The molecule has 0 spiro atoms. The van der Waals surface area contributed by atoms with Gasteiger partial charge in [-0.2, -0.15) is 13.2 Å². The quantitative estimate of drug-likeness (QED) is 0.366. The number of carbonyl (C=O) groups is 2. The lowest BCUT2D eigenvalue weighted by Crippen LogP contribution is -2.55. The number of hydrogen-bond acceptors (Lipinski definition) is 6. The average Bonchev–Trinajstić information content (AvgIpc) is 2.93.